The highest BCUT2D eigenvalue weighted by molar-refractivity contribution is 4.86. The fourth-order valence-electron chi connectivity index (χ4n) is 4.46. The number of unbranched alkanes of at least 4 members (excludes halogenated alkanes) is 14. The molecule has 0 radical (unpaired) electrons. The van der Waals surface area contributed by atoms with Crippen LogP contribution < -0.4 is 0 Å². The summed E-state index contributed by atoms with van der Waals surface area (Å²) in [6.07, 6.45) is 24.3. The molecule has 0 bridgehead atoms. The molecule has 0 spiro atoms. The molecule has 0 aliphatic carbocycles. The Balaban J connectivity index is 4.20. The van der Waals surface area contributed by atoms with E-state index in [-0.39, 0.29) is 18.1 Å². The van der Waals surface area contributed by atoms with Crippen molar-refractivity contribution in [3.63, 3.8) is 0 Å². The van der Waals surface area contributed by atoms with Gasteiger partial charge in [0.1, 0.15) is 0 Å². The lowest BCUT2D eigenvalue weighted by atomic mass is 9.72. The van der Waals surface area contributed by atoms with Crippen LogP contribution in [0.3, 0.4) is 0 Å². The first-order chi connectivity index (χ1) is 13.7. The molecule has 0 saturated heterocycles. The van der Waals surface area contributed by atoms with Crippen LogP contribution in [-0.4, -0.2) is 22.9 Å². The summed E-state index contributed by atoms with van der Waals surface area (Å²) in [4.78, 5) is 0. The van der Waals surface area contributed by atoms with Crippen LogP contribution >= 0.6 is 0 Å². The monoisotopic (exact) mass is 398 g/mol. The summed E-state index contributed by atoms with van der Waals surface area (Å²) in [7, 11) is 0. The van der Waals surface area contributed by atoms with Crippen molar-refractivity contribution in [3.05, 3.63) is 0 Å². The van der Waals surface area contributed by atoms with Crippen molar-refractivity contribution in [2.45, 2.75) is 155 Å². The largest absolute Gasteiger partial charge is 0.396 e. The second-order valence-corrected chi connectivity index (χ2v) is 9.27. The van der Waals surface area contributed by atoms with Crippen molar-refractivity contribution in [3.8, 4) is 0 Å². The predicted octanol–water partition coefficient (Wildman–Crippen LogP) is 8.19. The number of hydrogen-bond acceptors (Lipinski definition) is 2. The second-order valence-electron chi connectivity index (χ2n) is 9.27. The molecule has 0 saturated carbocycles. The molecule has 2 atom stereocenters. The van der Waals surface area contributed by atoms with Gasteiger partial charge < -0.3 is 10.2 Å². The van der Waals surface area contributed by atoms with Crippen LogP contribution in [0.5, 0.6) is 0 Å². The Hall–Kier alpha value is -0.0800. The number of rotatable bonds is 22. The van der Waals surface area contributed by atoms with Crippen LogP contribution in [0.4, 0.5) is 0 Å². The van der Waals surface area contributed by atoms with E-state index in [0.29, 0.717) is 0 Å². The van der Waals surface area contributed by atoms with Crippen LogP contribution in [0, 0.1) is 5.41 Å². The Bertz CT molecular complexity index is 305. The predicted molar refractivity (Wildman–Crippen MR) is 125 cm³/mol. The van der Waals surface area contributed by atoms with Gasteiger partial charge in [0.2, 0.25) is 0 Å². The molecule has 0 aliphatic heterocycles. The number of aliphatic hydroxyl groups is 2. The van der Waals surface area contributed by atoms with Gasteiger partial charge in [-0.25, -0.2) is 0 Å². The van der Waals surface area contributed by atoms with Gasteiger partial charge in [0.15, 0.2) is 0 Å². The lowest BCUT2D eigenvalue weighted by Gasteiger charge is -2.37. The fraction of sp³-hybridized carbons (Fsp3) is 1.00. The van der Waals surface area contributed by atoms with E-state index >= 15 is 0 Å². The summed E-state index contributed by atoms with van der Waals surface area (Å²) >= 11 is 0. The first kappa shape index (κ1) is 27.9. The van der Waals surface area contributed by atoms with Gasteiger partial charge in [-0.15, -0.1) is 0 Å². The Morgan fingerprint density at radius 2 is 0.929 bits per heavy atom. The van der Waals surface area contributed by atoms with Crippen molar-refractivity contribution in [2.75, 3.05) is 6.61 Å². The Kier molecular flexibility index (Phi) is 20.1. The third kappa shape index (κ3) is 14.0. The minimum absolute atomic E-state index is 0.154. The minimum Gasteiger partial charge on any atom is -0.396 e. The Morgan fingerprint density at radius 3 is 1.39 bits per heavy atom. The maximum atomic E-state index is 11.0. The van der Waals surface area contributed by atoms with Crippen LogP contribution in [0.25, 0.3) is 0 Å². The highest BCUT2D eigenvalue weighted by Crippen LogP contribution is 2.37. The summed E-state index contributed by atoms with van der Waals surface area (Å²) < 4.78 is 0. The zero-order valence-electron chi connectivity index (χ0n) is 19.8. The standard InChI is InChI=1S/C26H54O2/c1-4-7-10-12-14-16-18-20-23-26(24-27,22-9-6-3)25(28)21-19-17-15-13-11-8-5-2/h25,27-28H,4-24H2,1-3H3. The highest BCUT2D eigenvalue weighted by atomic mass is 16.3. The summed E-state index contributed by atoms with van der Waals surface area (Å²) in [5.41, 5.74) is -0.250. The molecule has 0 rings (SSSR count). The molecule has 0 aromatic rings. The fourth-order valence-corrected chi connectivity index (χ4v) is 4.46. The lowest BCUT2D eigenvalue weighted by molar-refractivity contribution is -0.0381. The molecule has 0 aliphatic rings. The molecule has 28 heavy (non-hydrogen) atoms. The molecule has 0 fully saturated rings. The Labute approximate surface area is 177 Å². The topological polar surface area (TPSA) is 40.5 Å². The normalized spacial score (nSPS) is 14.9. The molecule has 0 amide bonds. The average Bonchev–Trinajstić information content (AvgIpc) is 2.71. The van der Waals surface area contributed by atoms with Crippen LogP contribution in [0.1, 0.15) is 149 Å². The minimum atomic E-state index is -0.329. The van der Waals surface area contributed by atoms with Gasteiger partial charge in [-0.05, 0) is 19.3 Å². The number of aliphatic hydroxyl groups excluding tert-OH is 2. The van der Waals surface area contributed by atoms with Crippen LogP contribution in [-0.2, 0) is 0 Å². The van der Waals surface area contributed by atoms with Gasteiger partial charge in [0.25, 0.3) is 0 Å². The smallest absolute Gasteiger partial charge is 0.0618 e. The maximum absolute atomic E-state index is 11.0. The van der Waals surface area contributed by atoms with Crippen LogP contribution in [0.15, 0.2) is 0 Å². The average molecular weight is 399 g/mol. The van der Waals surface area contributed by atoms with Crippen molar-refractivity contribution in [1.82, 2.24) is 0 Å². The van der Waals surface area contributed by atoms with E-state index in [1.54, 1.807) is 0 Å². The Morgan fingerprint density at radius 1 is 0.536 bits per heavy atom. The molecule has 2 nitrogen and oxygen atoms in total. The van der Waals surface area contributed by atoms with E-state index in [1.165, 1.54) is 83.5 Å². The summed E-state index contributed by atoms with van der Waals surface area (Å²) in [5, 5.41) is 21.2. The molecule has 0 aromatic heterocycles. The van der Waals surface area contributed by atoms with Crippen molar-refractivity contribution in [1.29, 1.82) is 0 Å². The molecule has 0 aromatic carbocycles. The van der Waals surface area contributed by atoms with E-state index in [9.17, 15) is 10.2 Å². The SMILES string of the molecule is CCCCCCCCCCC(CO)(CCCC)C(O)CCCCCCCCC. The first-order valence-corrected chi connectivity index (χ1v) is 13.0. The molecule has 2 N–H and O–H groups in total. The van der Waals surface area contributed by atoms with E-state index in [0.717, 1.165) is 44.9 Å². The molecular weight excluding hydrogens is 344 g/mol. The molecule has 170 valence electrons. The molecular formula is C26H54O2. The summed E-state index contributed by atoms with van der Waals surface area (Å²) in [6, 6.07) is 0. The zero-order valence-corrected chi connectivity index (χ0v) is 19.8. The second kappa shape index (κ2) is 20.2. The maximum Gasteiger partial charge on any atom is 0.0618 e. The van der Waals surface area contributed by atoms with Gasteiger partial charge in [0, 0.05) is 5.41 Å². The summed E-state index contributed by atoms with van der Waals surface area (Å²) in [5.74, 6) is 0. The summed E-state index contributed by atoms with van der Waals surface area (Å²) in [6.45, 7) is 6.89. The van der Waals surface area contributed by atoms with E-state index < -0.39 is 0 Å². The van der Waals surface area contributed by atoms with Gasteiger partial charge in [-0.2, -0.15) is 0 Å². The third-order valence-corrected chi connectivity index (χ3v) is 6.66. The molecule has 2 unspecified atom stereocenters. The van der Waals surface area contributed by atoms with E-state index in [1.807, 2.05) is 0 Å². The van der Waals surface area contributed by atoms with Crippen LogP contribution in [0.2, 0.25) is 0 Å². The van der Waals surface area contributed by atoms with E-state index in [4.69, 9.17) is 0 Å². The first-order valence-electron chi connectivity index (χ1n) is 13.0. The zero-order chi connectivity index (χ0) is 20.9. The van der Waals surface area contributed by atoms with Crippen molar-refractivity contribution < 1.29 is 10.2 Å². The number of hydrogen-bond donors (Lipinski definition) is 2. The van der Waals surface area contributed by atoms with Gasteiger partial charge >= 0.3 is 0 Å². The quantitative estimate of drug-likeness (QED) is 0.180. The molecule has 0 heterocycles. The highest BCUT2D eigenvalue weighted by Gasteiger charge is 2.35. The van der Waals surface area contributed by atoms with Crippen molar-refractivity contribution >= 4 is 0 Å². The molecule has 2 heteroatoms. The van der Waals surface area contributed by atoms with Crippen molar-refractivity contribution in [2.24, 2.45) is 5.41 Å². The van der Waals surface area contributed by atoms with Gasteiger partial charge in [-0.3, -0.25) is 0 Å². The third-order valence-electron chi connectivity index (χ3n) is 6.66. The lowest BCUT2D eigenvalue weighted by Crippen LogP contribution is -2.39. The van der Waals surface area contributed by atoms with E-state index in [2.05, 4.69) is 20.8 Å². The van der Waals surface area contributed by atoms with Gasteiger partial charge in [-0.1, -0.05) is 130 Å². The van der Waals surface area contributed by atoms with Gasteiger partial charge in [0.05, 0.1) is 12.7 Å².